The summed E-state index contributed by atoms with van der Waals surface area (Å²) < 4.78 is 0. The summed E-state index contributed by atoms with van der Waals surface area (Å²) in [5.41, 5.74) is 2.98. The second kappa shape index (κ2) is 5.68. The molecule has 2 rings (SSSR count). The minimum absolute atomic E-state index is 0.718. The first-order valence-corrected chi connectivity index (χ1v) is 7.08. The van der Waals surface area contributed by atoms with Crippen LogP contribution < -0.4 is 5.32 Å². The summed E-state index contributed by atoms with van der Waals surface area (Å²) >= 11 is 0. The van der Waals surface area contributed by atoms with Crippen molar-refractivity contribution >= 4 is 0 Å². The van der Waals surface area contributed by atoms with Gasteiger partial charge in [-0.2, -0.15) is 0 Å². The molecule has 1 nitrogen and oxygen atoms in total. The molecule has 3 unspecified atom stereocenters. The predicted octanol–water partition coefficient (Wildman–Crippen LogP) is 3.74. The molecule has 17 heavy (non-hydrogen) atoms. The molecule has 0 spiro atoms. The van der Waals surface area contributed by atoms with Gasteiger partial charge in [0.2, 0.25) is 0 Å². The number of nitrogens with one attached hydrogen (secondary N) is 1. The van der Waals surface area contributed by atoms with Gasteiger partial charge >= 0.3 is 0 Å². The zero-order valence-electron chi connectivity index (χ0n) is 11.4. The molecule has 1 aliphatic rings. The van der Waals surface area contributed by atoms with Gasteiger partial charge in [0, 0.05) is 6.04 Å². The first kappa shape index (κ1) is 12.6. The maximum absolute atomic E-state index is 3.62. The standard InChI is InChI=1S/C16H25N/c1-4-13-6-8-14(9-7-13)15-10-11-16(12(15)3)17-5-2/h6-9,12,15-17H,4-5,10-11H2,1-3H3. The van der Waals surface area contributed by atoms with E-state index in [1.165, 1.54) is 24.0 Å². The van der Waals surface area contributed by atoms with Crippen LogP contribution in [0.4, 0.5) is 0 Å². The van der Waals surface area contributed by atoms with Crippen molar-refractivity contribution in [3.8, 4) is 0 Å². The summed E-state index contributed by atoms with van der Waals surface area (Å²) in [6, 6.07) is 9.99. The first-order chi connectivity index (χ1) is 8.26. The number of hydrogen-bond donors (Lipinski definition) is 1. The van der Waals surface area contributed by atoms with E-state index in [1.807, 2.05) is 0 Å². The van der Waals surface area contributed by atoms with Crippen molar-refractivity contribution in [2.75, 3.05) is 6.54 Å². The summed E-state index contributed by atoms with van der Waals surface area (Å²) in [7, 11) is 0. The van der Waals surface area contributed by atoms with E-state index in [4.69, 9.17) is 0 Å². The third kappa shape index (κ3) is 2.71. The SMILES string of the molecule is CCNC1CCC(c2ccc(CC)cc2)C1C. The van der Waals surface area contributed by atoms with Crippen LogP contribution >= 0.6 is 0 Å². The lowest BCUT2D eigenvalue weighted by molar-refractivity contribution is 0.412. The summed E-state index contributed by atoms with van der Waals surface area (Å²) in [5.74, 6) is 1.52. The van der Waals surface area contributed by atoms with Crippen molar-refractivity contribution in [2.24, 2.45) is 5.92 Å². The van der Waals surface area contributed by atoms with Crippen LogP contribution in [0.3, 0.4) is 0 Å². The zero-order valence-corrected chi connectivity index (χ0v) is 11.4. The van der Waals surface area contributed by atoms with Gasteiger partial charge in [-0.25, -0.2) is 0 Å². The molecule has 1 N–H and O–H groups in total. The smallest absolute Gasteiger partial charge is 0.00986 e. The molecule has 94 valence electrons. The van der Waals surface area contributed by atoms with Gasteiger partial charge in [-0.05, 0) is 48.8 Å². The Hall–Kier alpha value is -0.820. The van der Waals surface area contributed by atoms with Crippen molar-refractivity contribution < 1.29 is 0 Å². The number of rotatable bonds is 4. The topological polar surface area (TPSA) is 12.0 Å². The molecule has 3 atom stereocenters. The van der Waals surface area contributed by atoms with E-state index >= 15 is 0 Å². The van der Waals surface area contributed by atoms with Crippen LogP contribution in [-0.2, 0) is 6.42 Å². The lowest BCUT2D eigenvalue weighted by Gasteiger charge is -2.21. The highest BCUT2D eigenvalue weighted by Crippen LogP contribution is 2.39. The maximum Gasteiger partial charge on any atom is 0.00986 e. The molecule has 0 radical (unpaired) electrons. The van der Waals surface area contributed by atoms with Crippen LogP contribution in [0.5, 0.6) is 0 Å². The Bertz CT molecular complexity index is 341. The van der Waals surface area contributed by atoms with Gasteiger partial charge in [-0.3, -0.25) is 0 Å². The Morgan fingerprint density at radius 3 is 2.41 bits per heavy atom. The normalized spacial score (nSPS) is 28.5. The molecule has 1 aliphatic carbocycles. The molecule has 0 aliphatic heterocycles. The van der Waals surface area contributed by atoms with Gasteiger partial charge in [0.15, 0.2) is 0 Å². The molecule has 0 amide bonds. The lowest BCUT2D eigenvalue weighted by atomic mass is 9.88. The molecule has 1 saturated carbocycles. The zero-order chi connectivity index (χ0) is 12.3. The van der Waals surface area contributed by atoms with Crippen LogP contribution in [-0.4, -0.2) is 12.6 Å². The Morgan fingerprint density at radius 1 is 1.12 bits per heavy atom. The van der Waals surface area contributed by atoms with Gasteiger partial charge in [0.1, 0.15) is 0 Å². The fourth-order valence-corrected chi connectivity index (χ4v) is 3.19. The van der Waals surface area contributed by atoms with Crippen molar-refractivity contribution in [3.05, 3.63) is 35.4 Å². The van der Waals surface area contributed by atoms with Crippen LogP contribution in [0.2, 0.25) is 0 Å². The van der Waals surface area contributed by atoms with E-state index in [1.54, 1.807) is 0 Å². The Kier molecular flexibility index (Phi) is 4.22. The molecule has 1 aromatic carbocycles. The van der Waals surface area contributed by atoms with E-state index in [9.17, 15) is 0 Å². The molecular formula is C16H25N. The molecule has 1 aromatic rings. The highest BCUT2D eigenvalue weighted by atomic mass is 14.9. The first-order valence-electron chi connectivity index (χ1n) is 7.08. The molecule has 0 saturated heterocycles. The minimum atomic E-state index is 0.718. The molecule has 1 heteroatoms. The van der Waals surface area contributed by atoms with Crippen molar-refractivity contribution in [2.45, 2.75) is 52.0 Å². The van der Waals surface area contributed by atoms with Crippen molar-refractivity contribution in [1.29, 1.82) is 0 Å². The molecule has 0 aromatic heterocycles. The largest absolute Gasteiger partial charge is 0.314 e. The predicted molar refractivity (Wildman–Crippen MR) is 74.4 cm³/mol. The summed E-state index contributed by atoms with van der Waals surface area (Å²) in [5, 5.41) is 3.62. The fraction of sp³-hybridized carbons (Fsp3) is 0.625. The molecule has 0 heterocycles. The van der Waals surface area contributed by atoms with Gasteiger partial charge in [0.25, 0.3) is 0 Å². The lowest BCUT2D eigenvalue weighted by Crippen LogP contribution is -2.32. The molecule has 1 fully saturated rings. The van der Waals surface area contributed by atoms with Crippen molar-refractivity contribution in [1.82, 2.24) is 5.32 Å². The number of hydrogen-bond acceptors (Lipinski definition) is 1. The van der Waals surface area contributed by atoms with Crippen LogP contribution in [0.15, 0.2) is 24.3 Å². The van der Waals surface area contributed by atoms with E-state index in [-0.39, 0.29) is 0 Å². The molecule has 0 bridgehead atoms. The maximum atomic E-state index is 3.62. The third-order valence-electron chi connectivity index (χ3n) is 4.34. The van der Waals surface area contributed by atoms with E-state index in [2.05, 4.69) is 50.4 Å². The Morgan fingerprint density at radius 2 is 1.82 bits per heavy atom. The van der Waals surface area contributed by atoms with Gasteiger partial charge in [-0.15, -0.1) is 0 Å². The molecular weight excluding hydrogens is 206 g/mol. The fourth-order valence-electron chi connectivity index (χ4n) is 3.19. The van der Waals surface area contributed by atoms with Crippen molar-refractivity contribution in [3.63, 3.8) is 0 Å². The Balaban J connectivity index is 2.07. The van der Waals surface area contributed by atoms with Crippen LogP contribution in [0.25, 0.3) is 0 Å². The third-order valence-corrected chi connectivity index (χ3v) is 4.34. The number of benzene rings is 1. The van der Waals surface area contributed by atoms with Gasteiger partial charge < -0.3 is 5.32 Å². The number of aryl methyl sites for hydroxylation is 1. The quantitative estimate of drug-likeness (QED) is 0.832. The van der Waals surface area contributed by atoms with E-state index in [0.717, 1.165) is 30.8 Å². The van der Waals surface area contributed by atoms with E-state index in [0.29, 0.717) is 0 Å². The summed E-state index contributed by atoms with van der Waals surface area (Å²) in [6.07, 6.45) is 3.81. The van der Waals surface area contributed by atoms with Crippen LogP contribution in [0, 0.1) is 5.92 Å². The average molecular weight is 231 g/mol. The summed E-state index contributed by atoms with van der Waals surface area (Å²) in [6.45, 7) is 7.92. The second-order valence-corrected chi connectivity index (χ2v) is 5.30. The highest BCUT2D eigenvalue weighted by Gasteiger charge is 2.32. The van der Waals surface area contributed by atoms with Gasteiger partial charge in [-0.1, -0.05) is 45.0 Å². The van der Waals surface area contributed by atoms with Gasteiger partial charge in [0.05, 0.1) is 0 Å². The monoisotopic (exact) mass is 231 g/mol. The summed E-state index contributed by atoms with van der Waals surface area (Å²) in [4.78, 5) is 0. The minimum Gasteiger partial charge on any atom is -0.314 e. The average Bonchev–Trinajstić information content (AvgIpc) is 2.72. The van der Waals surface area contributed by atoms with Crippen LogP contribution in [0.1, 0.15) is 50.7 Å². The second-order valence-electron chi connectivity index (χ2n) is 5.30. The highest BCUT2D eigenvalue weighted by molar-refractivity contribution is 5.27. The Labute approximate surface area is 106 Å². The van der Waals surface area contributed by atoms with E-state index < -0.39 is 0 Å².